The van der Waals surface area contributed by atoms with Crippen LogP contribution in [0.4, 0.5) is 5.82 Å². The van der Waals surface area contributed by atoms with Crippen LogP contribution in [0.25, 0.3) is 20.7 Å². The van der Waals surface area contributed by atoms with Gasteiger partial charge in [-0.05, 0) is 18.6 Å². The Bertz CT molecular complexity index is 952. The van der Waals surface area contributed by atoms with Gasteiger partial charge < -0.3 is 4.90 Å². The van der Waals surface area contributed by atoms with Crippen LogP contribution in [0.15, 0.2) is 42.7 Å². The van der Waals surface area contributed by atoms with Crippen LogP contribution in [0.2, 0.25) is 0 Å². The molecule has 2 heterocycles. The summed E-state index contributed by atoms with van der Waals surface area (Å²) in [4.78, 5) is 12.7. The maximum Gasteiger partial charge on any atom is 0.149 e. The number of hydrogen-bond donors (Lipinski definition) is 0. The van der Waals surface area contributed by atoms with Crippen molar-refractivity contribution in [3.8, 4) is 10.4 Å². The van der Waals surface area contributed by atoms with Crippen molar-refractivity contribution in [1.29, 1.82) is 0 Å². The fraction of sp³-hybridized carbons (Fsp3) is 0.294. The molecule has 0 aliphatic carbocycles. The van der Waals surface area contributed by atoms with Gasteiger partial charge >= 0.3 is 0 Å². The number of thiophene rings is 1. The van der Waals surface area contributed by atoms with Gasteiger partial charge in [-0.3, -0.25) is 0 Å². The van der Waals surface area contributed by atoms with E-state index in [1.807, 2.05) is 37.1 Å². The second-order valence-electron chi connectivity index (χ2n) is 5.95. The standard InChI is InChI=1S/C17H19N3O2S2/c1-12(10-24(3,21)22)20(2)16-14-9-15(13-7-5-4-6-8-13)23-17(14)19-11-18-16/h4-9,11-12H,10H2,1-3H3. The summed E-state index contributed by atoms with van der Waals surface area (Å²) < 4.78 is 23.1. The van der Waals surface area contributed by atoms with E-state index in [2.05, 4.69) is 28.2 Å². The van der Waals surface area contributed by atoms with Crippen molar-refractivity contribution in [2.24, 2.45) is 0 Å². The summed E-state index contributed by atoms with van der Waals surface area (Å²) in [6, 6.07) is 12.0. The number of fused-ring (bicyclic) bond motifs is 1. The molecule has 0 spiro atoms. The van der Waals surface area contributed by atoms with E-state index >= 15 is 0 Å². The summed E-state index contributed by atoms with van der Waals surface area (Å²) >= 11 is 1.61. The monoisotopic (exact) mass is 361 g/mol. The molecule has 2 aromatic heterocycles. The molecule has 1 aromatic carbocycles. The highest BCUT2D eigenvalue weighted by molar-refractivity contribution is 7.90. The summed E-state index contributed by atoms with van der Waals surface area (Å²) in [6.07, 6.45) is 2.79. The molecule has 7 heteroatoms. The normalized spacial score (nSPS) is 13.1. The third-order valence-electron chi connectivity index (χ3n) is 3.91. The Morgan fingerprint density at radius 2 is 1.92 bits per heavy atom. The van der Waals surface area contributed by atoms with E-state index in [4.69, 9.17) is 0 Å². The molecule has 0 saturated carbocycles. The van der Waals surface area contributed by atoms with Crippen molar-refractivity contribution in [3.63, 3.8) is 0 Å². The molecule has 0 amide bonds. The molecule has 24 heavy (non-hydrogen) atoms. The summed E-state index contributed by atoms with van der Waals surface area (Å²) in [5, 5.41) is 0.948. The quantitative estimate of drug-likeness (QED) is 0.698. The molecule has 1 unspecified atom stereocenters. The van der Waals surface area contributed by atoms with Gasteiger partial charge in [-0.1, -0.05) is 30.3 Å². The highest BCUT2D eigenvalue weighted by atomic mass is 32.2. The molecule has 0 radical (unpaired) electrons. The van der Waals surface area contributed by atoms with Gasteiger partial charge in [0, 0.05) is 24.2 Å². The fourth-order valence-corrected chi connectivity index (χ4v) is 4.73. The summed E-state index contributed by atoms with van der Waals surface area (Å²) in [6.45, 7) is 1.89. The van der Waals surface area contributed by atoms with Crippen LogP contribution in [-0.4, -0.2) is 43.5 Å². The first kappa shape index (κ1) is 16.9. The molecule has 0 bridgehead atoms. The highest BCUT2D eigenvalue weighted by Gasteiger charge is 2.20. The van der Waals surface area contributed by atoms with E-state index in [1.54, 1.807) is 11.3 Å². The topological polar surface area (TPSA) is 63.2 Å². The van der Waals surface area contributed by atoms with Gasteiger partial charge in [0.2, 0.25) is 0 Å². The van der Waals surface area contributed by atoms with Crippen molar-refractivity contribution in [2.75, 3.05) is 24.0 Å². The minimum absolute atomic E-state index is 0.0880. The van der Waals surface area contributed by atoms with Crippen LogP contribution in [0.1, 0.15) is 6.92 Å². The van der Waals surface area contributed by atoms with E-state index in [-0.39, 0.29) is 11.8 Å². The van der Waals surface area contributed by atoms with Crippen LogP contribution in [0.3, 0.4) is 0 Å². The Labute approximate surface area is 145 Å². The third kappa shape index (κ3) is 3.57. The number of rotatable bonds is 5. The number of benzene rings is 1. The third-order valence-corrected chi connectivity index (χ3v) is 6.09. The van der Waals surface area contributed by atoms with Crippen molar-refractivity contribution in [1.82, 2.24) is 9.97 Å². The van der Waals surface area contributed by atoms with Crippen LogP contribution in [-0.2, 0) is 9.84 Å². The first-order chi connectivity index (χ1) is 11.3. The fourth-order valence-electron chi connectivity index (χ4n) is 2.63. The predicted molar refractivity (Wildman–Crippen MR) is 100 cm³/mol. The number of aromatic nitrogens is 2. The summed E-state index contributed by atoms with van der Waals surface area (Å²) in [5.74, 6) is 0.847. The number of anilines is 1. The van der Waals surface area contributed by atoms with Crippen LogP contribution >= 0.6 is 11.3 Å². The van der Waals surface area contributed by atoms with Crippen LogP contribution in [0.5, 0.6) is 0 Å². The van der Waals surface area contributed by atoms with E-state index in [0.717, 1.165) is 26.5 Å². The maximum absolute atomic E-state index is 11.6. The number of nitrogens with zero attached hydrogens (tertiary/aromatic N) is 3. The van der Waals surface area contributed by atoms with Gasteiger partial charge in [-0.2, -0.15) is 0 Å². The Morgan fingerprint density at radius 3 is 2.58 bits per heavy atom. The Balaban J connectivity index is 2.01. The lowest BCUT2D eigenvalue weighted by atomic mass is 10.2. The van der Waals surface area contributed by atoms with Gasteiger partial charge in [0.05, 0.1) is 11.1 Å². The first-order valence-electron chi connectivity index (χ1n) is 7.55. The first-order valence-corrected chi connectivity index (χ1v) is 10.4. The molecular formula is C17H19N3O2S2. The Hall–Kier alpha value is -1.99. The van der Waals surface area contributed by atoms with E-state index < -0.39 is 9.84 Å². The van der Waals surface area contributed by atoms with Gasteiger partial charge in [0.25, 0.3) is 0 Å². The molecule has 126 valence electrons. The lowest BCUT2D eigenvalue weighted by molar-refractivity contribution is 0.593. The van der Waals surface area contributed by atoms with E-state index in [9.17, 15) is 8.42 Å². The molecule has 0 N–H and O–H groups in total. The van der Waals surface area contributed by atoms with Crippen LogP contribution < -0.4 is 4.90 Å². The molecule has 0 aliphatic rings. The number of sulfone groups is 1. The Kier molecular flexibility index (Phi) is 4.56. The smallest absolute Gasteiger partial charge is 0.149 e. The second kappa shape index (κ2) is 6.49. The zero-order valence-corrected chi connectivity index (χ0v) is 15.4. The lowest BCUT2D eigenvalue weighted by Crippen LogP contribution is -2.35. The summed E-state index contributed by atoms with van der Waals surface area (Å²) in [7, 11) is -1.18. The van der Waals surface area contributed by atoms with Gasteiger partial charge in [0.1, 0.15) is 26.8 Å². The molecule has 1 atom stereocenters. The average Bonchev–Trinajstić information content (AvgIpc) is 2.97. The largest absolute Gasteiger partial charge is 0.355 e. The molecule has 0 saturated heterocycles. The van der Waals surface area contributed by atoms with Crippen LogP contribution in [0, 0.1) is 0 Å². The Morgan fingerprint density at radius 1 is 1.21 bits per heavy atom. The zero-order valence-electron chi connectivity index (χ0n) is 13.8. The second-order valence-corrected chi connectivity index (χ2v) is 9.16. The van der Waals surface area contributed by atoms with Gasteiger partial charge in [0.15, 0.2) is 0 Å². The molecule has 0 fully saturated rings. The molecule has 3 aromatic rings. The SMILES string of the molecule is CC(CS(C)(=O)=O)N(C)c1ncnc2sc(-c3ccccc3)cc12. The van der Waals surface area contributed by atoms with Gasteiger partial charge in [-0.15, -0.1) is 11.3 Å². The number of hydrogen-bond acceptors (Lipinski definition) is 6. The van der Waals surface area contributed by atoms with E-state index in [1.165, 1.54) is 12.6 Å². The molecule has 3 rings (SSSR count). The molecular weight excluding hydrogens is 342 g/mol. The summed E-state index contributed by atoms with van der Waals surface area (Å²) in [5.41, 5.74) is 1.14. The molecule has 0 aliphatic heterocycles. The molecule has 5 nitrogen and oxygen atoms in total. The van der Waals surface area contributed by atoms with Crippen molar-refractivity contribution in [2.45, 2.75) is 13.0 Å². The predicted octanol–water partition coefficient (Wildman–Crippen LogP) is 3.23. The average molecular weight is 361 g/mol. The van der Waals surface area contributed by atoms with Gasteiger partial charge in [-0.25, -0.2) is 18.4 Å². The van der Waals surface area contributed by atoms with Crippen molar-refractivity contribution < 1.29 is 8.42 Å². The minimum Gasteiger partial charge on any atom is -0.355 e. The minimum atomic E-state index is -3.05. The van der Waals surface area contributed by atoms with Crippen molar-refractivity contribution >= 4 is 37.2 Å². The lowest BCUT2D eigenvalue weighted by Gasteiger charge is -2.25. The zero-order chi connectivity index (χ0) is 17.3. The maximum atomic E-state index is 11.6. The van der Waals surface area contributed by atoms with Crippen molar-refractivity contribution in [3.05, 3.63) is 42.7 Å². The highest BCUT2D eigenvalue weighted by Crippen LogP contribution is 2.36. The van der Waals surface area contributed by atoms with E-state index in [0.29, 0.717) is 0 Å².